The number of piperidine rings is 1. The van der Waals surface area contributed by atoms with Crippen LogP contribution < -0.4 is 16.0 Å². The first-order valence-electron chi connectivity index (χ1n) is 8.40. The molecular formula is C19H21BrN4. The largest absolute Gasteiger partial charge is 0.371 e. The van der Waals surface area contributed by atoms with Crippen LogP contribution in [0.1, 0.15) is 18.4 Å². The Labute approximate surface area is 150 Å². The molecule has 4 rings (SSSR count). The van der Waals surface area contributed by atoms with Gasteiger partial charge in [0.25, 0.3) is 0 Å². The molecule has 3 N–H and O–H groups in total. The summed E-state index contributed by atoms with van der Waals surface area (Å²) in [7, 11) is 0. The fourth-order valence-electron chi connectivity index (χ4n) is 3.46. The van der Waals surface area contributed by atoms with E-state index in [0.29, 0.717) is 6.54 Å². The van der Waals surface area contributed by atoms with Crippen molar-refractivity contribution in [2.75, 3.05) is 23.7 Å². The SMILES string of the molecule is Brc1ccccc1CN=C1Nc2ccccc2NC12CCNCC2. The van der Waals surface area contributed by atoms with E-state index in [2.05, 4.69) is 74.3 Å². The number of nitrogens with zero attached hydrogens (tertiary/aromatic N) is 1. The van der Waals surface area contributed by atoms with Crippen molar-refractivity contribution in [3.05, 3.63) is 58.6 Å². The second-order valence-electron chi connectivity index (χ2n) is 6.38. The van der Waals surface area contributed by atoms with Gasteiger partial charge in [-0.2, -0.15) is 0 Å². The first-order chi connectivity index (χ1) is 11.8. The second kappa shape index (κ2) is 6.57. The van der Waals surface area contributed by atoms with Crippen molar-refractivity contribution >= 4 is 33.1 Å². The molecule has 0 radical (unpaired) electrons. The van der Waals surface area contributed by atoms with Gasteiger partial charge >= 0.3 is 0 Å². The standard InChI is InChI=1S/C19H21BrN4/c20-15-6-2-1-5-14(15)13-22-18-19(9-11-21-12-10-19)24-17-8-4-3-7-16(17)23-18/h1-8,21,24H,9-13H2,(H,22,23). The quantitative estimate of drug-likeness (QED) is 0.732. The molecule has 1 spiro atoms. The van der Waals surface area contributed by atoms with E-state index in [1.807, 2.05) is 6.07 Å². The Bertz CT molecular complexity index is 765. The zero-order valence-electron chi connectivity index (χ0n) is 13.5. The van der Waals surface area contributed by atoms with Gasteiger partial charge in [0.1, 0.15) is 5.84 Å². The normalized spacial score (nSPS) is 20.3. The number of benzene rings is 2. The van der Waals surface area contributed by atoms with Gasteiger partial charge in [0.05, 0.1) is 23.5 Å². The van der Waals surface area contributed by atoms with Crippen molar-refractivity contribution in [3.8, 4) is 0 Å². The summed E-state index contributed by atoms with van der Waals surface area (Å²) >= 11 is 3.62. The number of fused-ring (bicyclic) bond motifs is 1. The van der Waals surface area contributed by atoms with Crippen molar-refractivity contribution in [1.29, 1.82) is 0 Å². The smallest absolute Gasteiger partial charge is 0.127 e. The first kappa shape index (κ1) is 15.7. The molecule has 124 valence electrons. The summed E-state index contributed by atoms with van der Waals surface area (Å²) in [5.41, 5.74) is 3.38. The molecule has 2 heterocycles. The van der Waals surface area contributed by atoms with Crippen LogP contribution in [0.5, 0.6) is 0 Å². The zero-order chi connectivity index (χ0) is 16.4. The van der Waals surface area contributed by atoms with Crippen LogP contribution in [0.4, 0.5) is 11.4 Å². The monoisotopic (exact) mass is 384 g/mol. The number of hydrogen-bond acceptors (Lipinski definition) is 3. The first-order valence-corrected chi connectivity index (χ1v) is 9.19. The summed E-state index contributed by atoms with van der Waals surface area (Å²) in [6.45, 7) is 2.68. The summed E-state index contributed by atoms with van der Waals surface area (Å²) < 4.78 is 1.11. The molecule has 0 aliphatic carbocycles. The highest BCUT2D eigenvalue weighted by atomic mass is 79.9. The number of anilines is 2. The molecule has 24 heavy (non-hydrogen) atoms. The minimum absolute atomic E-state index is 0.0964. The van der Waals surface area contributed by atoms with Gasteiger partial charge in [-0.1, -0.05) is 46.3 Å². The molecule has 4 nitrogen and oxygen atoms in total. The molecule has 2 aromatic rings. The molecule has 1 fully saturated rings. The van der Waals surface area contributed by atoms with Crippen LogP contribution in [-0.2, 0) is 6.54 Å². The van der Waals surface area contributed by atoms with Crippen LogP contribution in [0, 0.1) is 0 Å². The van der Waals surface area contributed by atoms with Crippen molar-refractivity contribution in [2.45, 2.75) is 24.9 Å². The van der Waals surface area contributed by atoms with E-state index in [1.165, 1.54) is 11.3 Å². The van der Waals surface area contributed by atoms with Crippen LogP contribution in [0.15, 0.2) is 58.0 Å². The Morgan fingerprint density at radius 2 is 1.67 bits per heavy atom. The predicted octanol–water partition coefficient (Wildman–Crippen LogP) is 4.01. The number of rotatable bonds is 2. The van der Waals surface area contributed by atoms with Crippen LogP contribution in [-0.4, -0.2) is 24.5 Å². The van der Waals surface area contributed by atoms with Crippen LogP contribution >= 0.6 is 15.9 Å². The third-order valence-electron chi connectivity index (χ3n) is 4.83. The minimum Gasteiger partial charge on any atom is -0.371 e. The molecule has 2 aromatic carbocycles. The fraction of sp³-hybridized carbons (Fsp3) is 0.316. The lowest BCUT2D eigenvalue weighted by Crippen LogP contribution is -2.57. The number of nitrogens with one attached hydrogen (secondary N) is 3. The highest BCUT2D eigenvalue weighted by Gasteiger charge is 2.40. The van der Waals surface area contributed by atoms with Crippen molar-refractivity contribution in [2.24, 2.45) is 4.99 Å². The molecule has 0 unspecified atom stereocenters. The average molecular weight is 385 g/mol. The minimum atomic E-state index is -0.0964. The van der Waals surface area contributed by atoms with Gasteiger partial charge in [0.2, 0.25) is 0 Å². The second-order valence-corrected chi connectivity index (χ2v) is 7.24. The highest BCUT2D eigenvalue weighted by Crippen LogP contribution is 2.36. The van der Waals surface area contributed by atoms with Crippen molar-refractivity contribution < 1.29 is 0 Å². The molecule has 5 heteroatoms. The van der Waals surface area contributed by atoms with E-state index >= 15 is 0 Å². The summed E-state index contributed by atoms with van der Waals surface area (Å²) in [6, 6.07) is 16.6. The summed E-state index contributed by atoms with van der Waals surface area (Å²) in [4.78, 5) is 4.98. The van der Waals surface area contributed by atoms with Gasteiger partial charge in [-0.05, 0) is 49.7 Å². The number of para-hydroxylation sites is 2. The van der Waals surface area contributed by atoms with Crippen molar-refractivity contribution in [1.82, 2.24) is 5.32 Å². The maximum Gasteiger partial charge on any atom is 0.127 e. The van der Waals surface area contributed by atoms with E-state index in [9.17, 15) is 0 Å². The summed E-state index contributed by atoms with van der Waals surface area (Å²) in [5, 5.41) is 10.8. The topological polar surface area (TPSA) is 48.5 Å². The number of aliphatic imine (C=N–C) groups is 1. The molecule has 2 aliphatic rings. The van der Waals surface area contributed by atoms with Gasteiger partial charge in [0.15, 0.2) is 0 Å². The molecular weight excluding hydrogens is 364 g/mol. The Morgan fingerprint density at radius 1 is 0.958 bits per heavy atom. The number of hydrogen-bond donors (Lipinski definition) is 3. The van der Waals surface area contributed by atoms with Crippen LogP contribution in [0.25, 0.3) is 0 Å². The summed E-state index contributed by atoms with van der Waals surface area (Å²) in [6.07, 6.45) is 2.06. The van der Waals surface area contributed by atoms with Crippen LogP contribution in [0.2, 0.25) is 0 Å². The molecule has 1 saturated heterocycles. The van der Waals surface area contributed by atoms with Crippen molar-refractivity contribution in [3.63, 3.8) is 0 Å². The fourth-order valence-corrected chi connectivity index (χ4v) is 3.87. The van der Waals surface area contributed by atoms with Gasteiger partial charge in [-0.3, -0.25) is 4.99 Å². The highest BCUT2D eigenvalue weighted by molar-refractivity contribution is 9.10. The van der Waals surface area contributed by atoms with Crippen LogP contribution in [0.3, 0.4) is 0 Å². The van der Waals surface area contributed by atoms with Gasteiger partial charge < -0.3 is 16.0 Å². The summed E-state index contributed by atoms with van der Waals surface area (Å²) in [5.74, 6) is 1.05. The molecule has 2 aliphatic heterocycles. The average Bonchev–Trinajstić information content (AvgIpc) is 2.62. The van der Waals surface area contributed by atoms with E-state index in [1.54, 1.807) is 0 Å². The number of amidine groups is 1. The molecule has 0 amide bonds. The Kier molecular flexibility index (Phi) is 4.29. The van der Waals surface area contributed by atoms with Gasteiger partial charge in [0, 0.05) is 4.47 Å². The maximum absolute atomic E-state index is 4.98. The lowest BCUT2D eigenvalue weighted by atomic mass is 9.84. The Morgan fingerprint density at radius 3 is 2.46 bits per heavy atom. The predicted molar refractivity (Wildman–Crippen MR) is 104 cm³/mol. The van der Waals surface area contributed by atoms with E-state index in [0.717, 1.165) is 41.9 Å². The third kappa shape index (κ3) is 2.94. The molecule has 0 saturated carbocycles. The zero-order valence-corrected chi connectivity index (χ0v) is 15.1. The molecule has 0 aromatic heterocycles. The van der Waals surface area contributed by atoms with Gasteiger partial charge in [-0.15, -0.1) is 0 Å². The number of halogens is 1. The van der Waals surface area contributed by atoms with E-state index in [-0.39, 0.29) is 5.54 Å². The molecule has 0 atom stereocenters. The molecule has 0 bridgehead atoms. The Balaban J connectivity index is 1.68. The maximum atomic E-state index is 4.98. The van der Waals surface area contributed by atoms with E-state index < -0.39 is 0 Å². The van der Waals surface area contributed by atoms with E-state index in [4.69, 9.17) is 4.99 Å². The lowest BCUT2D eigenvalue weighted by Gasteiger charge is -2.44. The Hall–Kier alpha value is -1.85. The third-order valence-corrected chi connectivity index (χ3v) is 5.60. The lowest BCUT2D eigenvalue weighted by molar-refractivity contribution is 0.419. The van der Waals surface area contributed by atoms with Gasteiger partial charge in [-0.25, -0.2) is 0 Å².